The lowest BCUT2D eigenvalue weighted by molar-refractivity contribution is -0.185. The Labute approximate surface area is 191 Å². The van der Waals surface area contributed by atoms with Gasteiger partial charge in [0.25, 0.3) is 0 Å². The molecule has 0 radical (unpaired) electrons. The van der Waals surface area contributed by atoms with Crippen LogP contribution < -0.4 is 5.73 Å². The first-order valence-electron chi connectivity index (χ1n) is 12.9. The van der Waals surface area contributed by atoms with Crippen LogP contribution in [0.2, 0.25) is 0 Å². The van der Waals surface area contributed by atoms with E-state index in [-0.39, 0.29) is 11.7 Å². The predicted molar refractivity (Wildman–Crippen MR) is 122 cm³/mol. The van der Waals surface area contributed by atoms with E-state index in [1.807, 2.05) is 0 Å². The summed E-state index contributed by atoms with van der Waals surface area (Å²) >= 11 is 0. The molecule has 0 aliphatic heterocycles. The van der Waals surface area contributed by atoms with Crippen molar-refractivity contribution in [3.63, 3.8) is 0 Å². The zero-order valence-corrected chi connectivity index (χ0v) is 19.1. The van der Waals surface area contributed by atoms with E-state index in [1.165, 1.54) is 51.4 Å². The van der Waals surface area contributed by atoms with Crippen molar-refractivity contribution in [2.75, 3.05) is 0 Å². The van der Waals surface area contributed by atoms with Gasteiger partial charge < -0.3 is 20.7 Å². The number of carbonyl (C=O) groups is 1. The highest BCUT2D eigenvalue weighted by Crippen LogP contribution is 2.58. The lowest BCUT2D eigenvalue weighted by Crippen LogP contribution is -2.46. The average molecular weight is 442 g/mol. The lowest BCUT2D eigenvalue weighted by Gasteiger charge is -2.53. The first kappa shape index (κ1) is 22.2. The van der Waals surface area contributed by atoms with E-state index in [1.54, 1.807) is 24.3 Å². The number of hydrogen-bond donors (Lipinski definition) is 3. The molecule has 0 bridgehead atoms. The van der Waals surface area contributed by atoms with Gasteiger partial charge in [-0.1, -0.05) is 25.0 Å². The molecule has 0 spiro atoms. The first-order chi connectivity index (χ1) is 15.5. The summed E-state index contributed by atoms with van der Waals surface area (Å²) in [6.07, 6.45) is 12.2. The Kier molecular flexibility index (Phi) is 6.48. The zero-order valence-electron chi connectivity index (χ0n) is 19.1. The molecule has 0 amide bonds. The van der Waals surface area contributed by atoms with E-state index < -0.39 is 18.3 Å². The highest BCUT2D eigenvalue weighted by Gasteiger charge is 2.50. The standard InChI is InChI=1S/C27H39NO4/c28-25(14-16-4-9-20(29)10-5-16)27(31)32-26(30)19-8-11-22-18(15-19)7-13-23-21-3-1-2-17(21)6-12-24(22)23/h4-5,9-10,17-19,21-26,29-30H,1-3,6-8,11-15,28H2/t17-,18?,19?,21+,22-,23-,24+,25-,26?/m0/s1. The molecule has 1 aromatic rings. The van der Waals surface area contributed by atoms with Crippen LogP contribution in [0.5, 0.6) is 5.75 Å². The zero-order chi connectivity index (χ0) is 22.2. The van der Waals surface area contributed by atoms with Gasteiger partial charge in [-0.25, -0.2) is 0 Å². The molecular formula is C27H39NO4. The Hall–Kier alpha value is -1.59. The molecule has 5 heteroatoms. The average Bonchev–Trinajstić information content (AvgIpc) is 3.29. The predicted octanol–water partition coefficient (Wildman–Crippen LogP) is 4.39. The topological polar surface area (TPSA) is 92.8 Å². The SMILES string of the molecule is N[C@@H](Cc1ccc(O)cc1)C(=O)OC(O)C1CC[C@H]2C(CC[C@H]3[C@@H]4CCC[C@H]4CC[C@@H]32)C1. The van der Waals surface area contributed by atoms with Gasteiger partial charge >= 0.3 is 5.97 Å². The molecule has 5 rings (SSSR count). The molecule has 176 valence electrons. The van der Waals surface area contributed by atoms with Crippen molar-refractivity contribution in [1.82, 2.24) is 0 Å². The minimum Gasteiger partial charge on any atom is -0.508 e. The van der Waals surface area contributed by atoms with Crippen molar-refractivity contribution < 1.29 is 19.7 Å². The number of ether oxygens (including phenoxy) is 1. The van der Waals surface area contributed by atoms with Gasteiger partial charge in [-0.3, -0.25) is 4.79 Å². The summed E-state index contributed by atoms with van der Waals surface area (Å²) in [5, 5.41) is 20.1. The van der Waals surface area contributed by atoms with Gasteiger partial charge in [0.05, 0.1) is 0 Å². The fourth-order valence-electron chi connectivity index (χ4n) is 8.04. The summed E-state index contributed by atoms with van der Waals surface area (Å²) < 4.78 is 5.43. The molecule has 1 aromatic carbocycles. The molecule has 4 saturated carbocycles. The number of benzene rings is 1. The Morgan fingerprint density at radius 2 is 1.56 bits per heavy atom. The van der Waals surface area contributed by atoms with Crippen LogP contribution >= 0.6 is 0 Å². The largest absolute Gasteiger partial charge is 0.508 e. The normalized spacial score (nSPS) is 38.1. The third-order valence-corrected chi connectivity index (χ3v) is 9.53. The fraction of sp³-hybridized carbons (Fsp3) is 0.741. The van der Waals surface area contributed by atoms with Crippen LogP contribution in [-0.2, 0) is 16.0 Å². The number of rotatable bonds is 5. The number of carbonyl (C=O) groups excluding carboxylic acids is 1. The molecule has 4 aliphatic rings. The van der Waals surface area contributed by atoms with Crippen molar-refractivity contribution in [2.45, 2.75) is 83.0 Å². The van der Waals surface area contributed by atoms with E-state index in [0.29, 0.717) is 12.3 Å². The molecular weight excluding hydrogens is 402 g/mol. The third-order valence-electron chi connectivity index (χ3n) is 9.53. The number of aliphatic hydroxyl groups excluding tert-OH is 1. The van der Waals surface area contributed by atoms with Crippen LogP contribution in [0.3, 0.4) is 0 Å². The Balaban J connectivity index is 1.13. The number of aliphatic hydroxyl groups is 1. The molecule has 0 aromatic heterocycles. The molecule has 5 nitrogen and oxygen atoms in total. The van der Waals surface area contributed by atoms with Crippen molar-refractivity contribution >= 4 is 5.97 Å². The maximum Gasteiger partial charge on any atom is 0.325 e. The van der Waals surface area contributed by atoms with Crippen LogP contribution in [0.25, 0.3) is 0 Å². The molecule has 32 heavy (non-hydrogen) atoms. The van der Waals surface area contributed by atoms with Crippen LogP contribution in [0.1, 0.15) is 69.8 Å². The van der Waals surface area contributed by atoms with Gasteiger partial charge in [0.15, 0.2) is 0 Å². The van der Waals surface area contributed by atoms with E-state index in [4.69, 9.17) is 10.5 Å². The maximum absolute atomic E-state index is 12.5. The van der Waals surface area contributed by atoms with E-state index in [2.05, 4.69) is 0 Å². The monoisotopic (exact) mass is 441 g/mol. The summed E-state index contributed by atoms with van der Waals surface area (Å²) in [5.41, 5.74) is 6.90. The molecule has 3 unspecified atom stereocenters. The minimum absolute atomic E-state index is 0.0282. The number of phenolic OH excluding ortho intramolecular Hbond substituents is 1. The van der Waals surface area contributed by atoms with Gasteiger partial charge in [-0.2, -0.15) is 0 Å². The quantitative estimate of drug-likeness (QED) is 0.465. The summed E-state index contributed by atoms with van der Waals surface area (Å²) in [6, 6.07) is 5.83. The smallest absolute Gasteiger partial charge is 0.325 e. The number of fused-ring (bicyclic) bond motifs is 5. The second-order valence-corrected chi connectivity index (χ2v) is 11.1. The van der Waals surface area contributed by atoms with Gasteiger partial charge in [-0.15, -0.1) is 0 Å². The minimum atomic E-state index is -1.06. The van der Waals surface area contributed by atoms with Gasteiger partial charge in [0, 0.05) is 5.92 Å². The van der Waals surface area contributed by atoms with Crippen LogP contribution in [0.15, 0.2) is 24.3 Å². The first-order valence-corrected chi connectivity index (χ1v) is 12.9. The summed E-state index contributed by atoms with van der Waals surface area (Å²) in [5.74, 6) is 5.00. The Morgan fingerprint density at radius 3 is 2.31 bits per heavy atom. The number of nitrogens with two attached hydrogens (primary N) is 1. The highest BCUT2D eigenvalue weighted by atomic mass is 16.6. The van der Waals surface area contributed by atoms with Crippen molar-refractivity contribution in [1.29, 1.82) is 0 Å². The van der Waals surface area contributed by atoms with Crippen LogP contribution in [0, 0.1) is 41.4 Å². The highest BCUT2D eigenvalue weighted by molar-refractivity contribution is 5.76. The van der Waals surface area contributed by atoms with Crippen LogP contribution in [0.4, 0.5) is 0 Å². The molecule has 0 saturated heterocycles. The number of aromatic hydroxyl groups is 1. The van der Waals surface area contributed by atoms with Crippen molar-refractivity contribution in [2.24, 2.45) is 47.2 Å². The van der Waals surface area contributed by atoms with E-state index in [0.717, 1.165) is 48.0 Å². The van der Waals surface area contributed by atoms with Crippen molar-refractivity contribution in [3.05, 3.63) is 29.8 Å². The number of phenols is 1. The Bertz CT molecular complexity index is 795. The maximum atomic E-state index is 12.5. The molecule has 0 heterocycles. The number of hydrogen-bond acceptors (Lipinski definition) is 5. The van der Waals surface area contributed by atoms with E-state index in [9.17, 15) is 15.0 Å². The third kappa shape index (κ3) is 4.43. The molecule has 4 N–H and O–H groups in total. The molecule has 9 atom stereocenters. The lowest BCUT2D eigenvalue weighted by atomic mass is 9.53. The molecule has 4 fully saturated rings. The summed E-state index contributed by atoms with van der Waals surface area (Å²) in [4.78, 5) is 12.5. The summed E-state index contributed by atoms with van der Waals surface area (Å²) in [6.45, 7) is 0. The second-order valence-electron chi connectivity index (χ2n) is 11.1. The summed E-state index contributed by atoms with van der Waals surface area (Å²) in [7, 11) is 0. The van der Waals surface area contributed by atoms with Gasteiger partial charge in [-0.05, 0) is 111 Å². The Morgan fingerprint density at radius 1 is 0.906 bits per heavy atom. The van der Waals surface area contributed by atoms with Crippen LogP contribution in [-0.4, -0.2) is 28.5 Å². The molecule has 4 aliphatic carbocycles. The van der Waals surface area contributed by atoms with Crippen molar-refractivity contribution in [3.8, 4) is 5.75 Å². The van der Waals surface area contributed by atoms with Gasteiger partial charge in [0.2, 0.25) is 6.29 Å². The van der Waals surface area contributed by atoms with E-state index >= 15 is 0 Å². The second kappa shape index (κ2) is 9.34. The number of esters is 1. The van der Waals surface area contributed by atoms with Gasteiger partial charge in [0.1, 0.15) is 11.8 Å². The fourth-order valence-corrected chi connectivity index (χ4v) is 8.04.